The molecule has 2 heterocycles. The van der Waals surface area contributed by atoms with E-state index >= 15 is 0 Å². The number of hydrogen-bond acceptors (Lipinski definition) is 5. The molecule has 3 rings (SSSR count). The predicted molar refractivity (Wildman–Crippen MR) is 74.2 cm³/mol. The molecule has 2 fully saturated rings. The highest BCUT2D eigenvalue weighted by Crippen LogP contribution is 2.36. The molecule has 0 radical (unpaired) electrons. The summed E-state index contributed by atoms with van der Waals surface area (Å²) in [7, 11) is 0. The molecule has 19 heavy (non-hydrogen) atoms. The zero-order chi connectivity index (χ0) is 13.1. The molecule has 5 heteroatoms. The van der Waals surface area contributed by atoms with Crippen LogP contribution in [0.4, 0.5) is 0 Å². The van der Waals surface area contributed by atoms with Crippen molar-refractivity contribution in [2.75, 3.05) is 19.7 Å². The van der Waals surface area contributed by atoms with E-state index in [0.29, 0.717) is 12.6 Å². The first-order valence-electron chi connectivity index (χ1n) is 7.62. The molecule has 2 aliphatic heterocycles. The van der Waals surface area contributed by atoms with Crippen LogP contribution >= 0.6 is 0 Å². The summed E-state index contributed by atoms with van der Waals surface area (Å²) in [4.78, 5) is 4.39. The Balaban J connectivity index is 1.46. The van der Waals surface area contributed by atoms with E-state index in [-0.39, 0.29) is 11.9 Å². The van der Waals surface area contributed by atoms with Crippen molar-refractivity contribution in [1.82, 2.24) is 10.6 Å². The predicted octanol–water partition coefficient (Wildman–Crippen LogP) is 1.39. The zero-order valence-electron chi connectivity index (χ0n) is 11.8. The summed E-state index contributed by atoms with van der Waals surface area (Å²) in [6.45, 7) is 4.47. The number of rotatable bonds is 2. The lowest BCUT2D eigenvalue weighted by atomic mass is 10.1. The van der Waals surface area contributed by atoms with Crippen molar-refractivity contribution in [3.05, 3.63) is 0 Å². The minimum atomic E-state index is -0.277. The molecule has 2 atom stereocenters. The summed E-state index contributed by atoms with van der Waals surface area (Å²) < 4.78 is 12.2. The summed E-state index contributed by atoms with van der Waals surface area (Å²) in [5.41, 5.74) is 0. The molecule has 1 aliphatic carbocycles. The quantitative estimate of drug-likeness (QED) is 0.794. The van der Waals surface area contributed by atoms with Crippen LogP contribution in [-0.2, 0) is 9.47 Å². The Kier molecular flexibility index (Phi) is 3.93. The maximum atomic E-state index is 6.19. The third-order valence-electron chi connectivity index (χ3n) is 4.18. The van der Waals surface area contributed by atoms with E-state index in [0.717, 1.165) is 31.9 Å². The number of ether oxygens (including phenoxy) is 2. The highest BCUT2D eigenvalue weighted by atomic mass is 16.7. The van der Waals surface area contributed by atoms with Crippen LogP contribution in [0.5, 0.6) is 0 Å². The third-order valence-corrected chi connectivity index (χ3v) is 4.18. The standard InChI is InChI=1S/C14H25N3O2/c1-11-8-15-13(17-11)16-9-12-10-18-14(19-12)6-4-2-3-5-7-14/h11-12H,2-10H2,1H3,(H2,15,16,17). The van der Waals surface area contributed by atoms with Crippen LogP contribution in [0.25, 0.3) is 0 Å². The van der Waals surface area contributed by atoms with Gasteiger partial charge in [0.15, 0.2) is 11.7 Å². The fourth-order valence-corrected chi connectivity index (χ4v) is 3.12. The first kappa shape index (κ1) is 13.2. The van der Waals surface area contributed by atoms with Gasteiger partial charge in [-0.25, -0.2) is 0 Å². The van der Waals surface area contributed by atoms with Gasteiger partial charge in [0.25, 0.3) is 0 Å². The molecule has 0 amide bonds. The monoisotopic (exact) mass is 267 g/mol. The molecule has 0 bridgehead atoms. The third kappa shape index (κ3) is 3.20. The van der Waals surface area contributed by atoms with E-state index in [1.54, 1.807) is 0 Å². The van der Waals surface area contributed by atoms with E-state index in [2.05, 4.69) is 22.5 Å². The first-order valence-corrected chi connectivity index (χ1v) is 7.62. The van der Waals surface area contributed by atoms with Crippen LogP contribution in [0.3, 0.4) is 0 Å². The summed E-state index contributed by atoms with van der Waals surface area (Å²) in [5.74, 6) is 0.624. The Morgan fingerprint density at radius 2 is 2.11 bits per heavy atom. The van der Waals surface area contributed by atoms with E-state index in [1.165, 1.54) is 25.7 Å². The number of aliphatic imine (C=N–C) groups is 1. The molecule has 2 unspecified atom stereocenters. The molecule has 5 nitrogen and oxygen atoms in total. The van der Waals surface area contributed by atoms with Gasteiger partial charge >= 0.3 is 0 Å². The topological polar surface area (TPSA) is 54.9 Å². The SMILES string of the molecule is CC1CN=C(NCC2COC3(CCCCCC3)O2)N1. The summed E-state index contributed by atoms with van der Waals surface area (Å²) in [5, 5.41) is 6.63. The Hall–Kier alpha value is -0.810. The van der Waals surface area contributed by atoms with Gasteiger partial charge in [-0.2, -0.15) is 0 Å². The maximum absolute atomic E-state index is 6.19. The minimum absolute atomic E-state index is 0.151. The van der Waals surface area contributed by atoms with Gasteiger partial charge in [-0.15, -0.1) is 0 Å². The van der Waals surface area contributed by atoms with Gasteiger partial charge in [-0.1, -0.05) is 12.8 Å². The van der Waals surface area contributed by atoms with Gasteiger partial charge in [0.1, 0.15) is 6.10 Å². The fourth-order valence-electron chi connectivity index (χ4n) is 3.12. The Labute approximate surface area is 115 Å². The molecule has 0 aromatic carbocycles. The molecule has 0 aromatic heterocycles. The average Bonchev–Trinajstić information content (AvgIpc) is 2.90. The summed E-state index contributed by atoms with van der Waals surface area (Å²) in [6.07, 6.45) is 7.35. The van der Waals surface area contributed by atoms with Crippen molar-refractivity contribution in [2.24, 2.45) is 4.99 Å². The van der Waals surface area contributed by atoms with E-state index < -0.39 is 0 Å². The fraction of sp³-hybridized carbons (Fsp3) is 0.929. The lowest BCUT2D eigenvalue weighted by Crippen LogP contribution is -2.42. The maximum Gasteiger partial charge on any atom is 0.191 e. The normalized spacial score (nSPS) is 33.8. The molecule has 1 spiro atoms. The molecule has 1 saturated heterocycles. The summed E-state index contributed by atoms with van der Waals surface area (Å²) in [6, 6.07) is 0.441. The van der Waals surface area contributed by atoms with E-state index in [4.69, 9.17) is 9.47 Å². The van der Waals surface area contributed by atoms with Gasteiger partial charge in [-0.05, 0) is 19.8 Å². The van der Waals surface area contributed by atoms with E-state index in [1.807, 2.05) is 0 Å². The molecule has 3 aliphatic rings. The highest BCUT2D eigenvalue weighted by Gasteiger charge is 2.41. The van der Waals surface area contributed by atoms with Gasteiger partial charge in [-0.3, -0.25) is 4.99 Å². The van der Waals surface area contributed by atoms with Crippen molar-refractivity contribution in [2.45, 2.75) is 63.4 Å². The van der Waals surface area contributed by atoms with Crippen LogP contribution in [0.1, 0.15) is 45.4 Å². The van der Waals surface area contributed by atoms with E-state index in [9.17, 15) is 0 Å². The van der Waals surface area contributed by atoms with Crippen molar-refractivity contribution in [3.8, 4) is 0 Å². The molecule has 2 N–H and O–H groups in total. The summed E-state index contributed by atoms with van der Waals surface area (Å²) >= 11 is 0. The largest absolute Gasteiger partial charge is 0.354 e. The highest BCUT2D eigenvalue weighted by molar-refractivity contribution is 5.81. The van der Waals surface area contributed by atoms with Crippen LogP contribution in [0.15, 0.2) is 4.99 Å². The average molecular weight is 267 g/mol. The minimum Gasteiger partial charge on any atom is -0.354 e. The van der Waals surface area contributed by atoms with Crippen LogP contribution < -0.4 is 10.6 Å². The van der Waals surface area contributed by atoms with Crippen LogP contribution in [0, 0.1) is 0 Å². The number of hydrogen-bond donors (Lipinski definition) is 2. The van der Waals surface area contributed by atoms with Gasteiger partial charge in [0, 0.05) is 25.4 Å². The number of nitrogens with zero attached hydrogens (tertiary/aromatic N) is 1. The Bertz CT molecular complexity index is 338. The molecule has 1 saturated carbocycles. The number of guanidine groups is 1. The Morgan fingerprint density at radius 3 is 2.79 bits per heavy atom. The molecular formula is C14H25N3O2. The molecule has 0 aromatic rings. The van der Waals surface area contributed by atoms with Crippen molar-refractivity contribution < 1.29 is 9.47 Å². The molecule has 108 valence electrons. The van der Waals surface area contributed by atoms with Gasteiger partial charge < -0.3 is 20.1 Å². The lowest BCUT2D eigenvalue weighted by Gasteiger charge is -2.26. The van der Waals surface area contributed by atoms with Crippen LogP contribution in [-0.4, -0.2) is 43.6 Å². The zero-order valence-corrected chi connectivity index (χ0v) is 11.8. The van der Waals surface area contributed by atoms with Crippen molar-refractivity contribution >= 4 is 5.96 Å². The smallest absolute Gasteiger partial charge is 0.191 e. The van der Waals surface area contributed by atoms with Gasteiger partial charge in [0.05, 0.1) is 13.2 Å². The lowest BCUT2D eigenvalue weighted by molar-refractivity contribution is -0.175. The second-order valence-corrected chi connectivity index (χ2v) is 5.99. The van der Waals surface area contributed by atoms with Crippen molar-refractivity contribution in [3.63, 3.8) is 0 Å². The van der Waals surface area contributed by atoms with Crippen molar-refractivity contribution in [1.29, 1.82) is 0 Å². The number of nitrogens with one attached hydrogen (secondary N) is 2. The molecular weight excluding hydrogens is 242 g/mol. The second kappa shape index (κ2) is 5.67. The van der Waals surface area contributed by atoms with Crippen LogP contribution in [0.2, 0.25) is 0 Å². The first-order chi connectivity index (χ1) is 9.26. The second-order valence-electron chi connectivity index (χ2n) is 5.99. The van der Waals surface area contributed by atoms with Gasteiger partial charge in [0.2, 0.25) is 0 Å². The Morgan fingerprint density at radius 1 is 1.32 bits per heavy atom.